The minimum atomic E-state index is 0.441. The van der Waals surface area contributed by atoms with Gasteiger partial charge in [0.15, 0.2) is 0 Å². The third kappa shape index (κ3) is 5.19. The average molecular weight is 262 g/mol. The van der Waals surface area contributed by atoms with E-state index in [1.54, 1.807) is 0 Å². The third-order valence-corrected chi connectivity index (χ3v) is 3.63. The van der Waals surface area contributed by atoms with Crippen LogP contribution in [0.5, 0.6) is 0 Å². The molecule has 1 aliphatic carbocycles. The van der Waals surface area contributed by atoms with Gasteiger partial charge in [-0.2, -0.15) is 0 Å². The summed E-state index contributed by atoms with van der Waals surface area (Å²) >= 11 is 0. The molecule has 3 nitrogen and oxygen atoms in total. The Kier molecular flexibility index (Phi) is 6.15. The van der Waals surface area contributed by atoms with Gasteiger partial charge in [0.25, 0.3) is 0 Å². The van der Waals surface area contributed by atoms with Crippen molar-refractivity contribution in [3.05, 3.63) is 23.9 Å². The monoisotopic (exact) mass is 262 g/mol. The lowest BCUT2D eigenvalue weighted by molar-refractivity contribution is 0.0293. The highest BCUT2D eigenvalue weighted by Crippen LogP contribution is 2.20. The third-order valence-electron chi connectivity index (χ3n) is 3.63. The first-order valence-corrected chi connectivity index (χ1v) is 7.70. The Morgan fingerprint density at radius 2 is 2.00 bits per heavy atom. The van der Waals surface area contributed by atoms with Gasteiger partial charge >= 0.3 is 0 Å². The Bertz CT molecular complexity index is 360. The summed E-state index contributed by atoms with van der Waals surface area (Å²) in [5, 5.41) is 3.32. The van der Waals surface area contributed by atoms with E-state index in [2.05, 4.69) is 23.3 Å². The van der Waals surface area contributed by atoms with Gasteiger partial charge in [-0.1, -0.05) is 38.7 Å². The highest BCUT2D eigenvalue weighted by Gasteiger charge is 2.12. The molecular formula is C16H26N2O. The van der Waals surface area contributed by atoms with Gasteiger partial charge in [0.2, 0.25) is 0 Å². The van der Waals surface area contributed by atoms with E-state index in [1.165, 1.54) is 38.5 Å². The van der Waals surface area contributed by atoms with Gasteiger partial charge in [-0.3, -0.25) is 0 Å². The van der Waals surface area contributed by atoms with Crippen molar-refractivity contribution in [2.24, 2.45) is 0 Å². The van der Waals surface area contributed by atoms with Crippen LogP contribution in [0, 0.1) is 0 Å². The quantitative estimate of drug-likeness (QED) is 0.782. The lowest BCUT2D eigenvalue weighted by Crippen LogP contribution is -2.12. The van der Waals surface area contributed by atoms with Crippen molar-refractivity contribution in [2.75, 3.05) is 11.9 Å². The minimum absolute atomic E-state index is 0.441. The number of rotatable bonds is 6. The summed E-state index contributed by atoms with van der Waals surface area (Å²) in [4.78, 5) is 4.58. The first-order valence-electron chi connectivity index (χ1n) is 7.70. The Labute approximate surface area is 116 Å². The molecule has 0 aliphatic heterocycles. The SMILES string of the molecule is CCCNc1cccc(COC2CCCCCC2)n1. The number of anilines is 1. The Morgan fingerprint density at radius 1 is 1.21 bits per heavy atom. The lowest BCUT2D eigenvalue weighted by Gasteiger charge is -2.15. The van der Waals surface area contributed by atoms with Gasteiger partial charge < -0.3 is 10.1 Å². The molecule has 1 saturated carbocycles. The molecule has 1 heterocycles. The zero-order chi connectivity index (χ0) is 13.3. The molecule has 1 aromatic heterocycles. The zero-order valence-electron chi connectivity index (χ0n) is 12.0. The lowest BCUT2D eigenvalue weighted by atomic mass is 10.1. The fraction of sp³-hybridized carbons (Fsp3) is 0.688. The van der Waals surface area contributed by atoms with Crippen LogP contribution in [0.3, 0.4) is 0 Å². The summed E-state index contributed by atoms with van der Waals surface area (Å²) in [6.07, 6.45) is 9.36. The molecule has 1 N–H and O–H groups in total. The van der Waals surface area contributed by atoms with Gasteiger partial charge in [-0.25, -0.2) is 4.98 Å². The maximum absolute atomic E-state index is 6.02. The molecule has 0 radical (unpaired) electrons. The minimum Gasteiger partial charge on any atom is -0.372 e. The van der Waals surface area contributed by atoms with Crippen molar-refractivity contribution >= 4 is 5.82 Å². The number of hydrogen-bond donors (Lipinski definition) is 1. The maximum atomic E-state index is 6.02. The second-order valence-electron chi connectivity index (χ2n) is 5.37. The Balaban J connectivity index is 1.81. The van der Waals surface area contributed by atoms with E-state index >= 15 is 0 Å². The predicted molar refractivity (Wildman–Crippen MR) is 79.3 cm³/mol. The number of pyridine rings is 1. The number of nitrogens with one attached hydrogen (secondary N) is 1. The Morgan fingerprint density at radius 3 is 2.74 bits per heavy atom. The summed E-state index contributed by atoms with van der Waals surface area (Å²) in [7, 11) is 0. The molecule has 2 rings (SSSR count). The molecule has 0 spiro atoms. The van der Waals surface area contributed by atoms with E-state index in [1.807, 2.05) is 12.1 Å². The van der Waals surface area contributed by atoms with Crippen molar-refractivity contribution in [3.63, 3.8) is 0 Å². The predicted octanol–water partition coefficient (Wildman–Crippen LogP) is 4.14. The molecule has 0 saturated heterocycles. The van der Waals surface area contributed by atoms with Crippen molar-refractivity contribution in [3.8, 4) is 0 Å². The summed E-state index contributed by atoms with van der Waals surface area (Å²) in [5.74, 6) is 0.962. The normalized spacial score (nSPS) is 17.1. The van der Waals surface area contributed by atoms with Crippen molar-refractivity contribution in [2.45, 2.75) is 64.6 Å². The highest BCUT2D eigenvalue weighted by atomic mass is 16.5. The van der Waals surface area contributed by atoms with E-state index in [9.17, 15) is 0 Å². The molecule has 3 heteroatoms. The molecule has 0 aromatic carbocycles. The largest absolute Gasteiger partial charge is 0.372 e. The summed E-state index contributed by atoms with van der Waals surface area (Å²) < 4.78 is 6.02. The maximum Gasteiger partial charge on any atom is 0.126 e. The van der Waals surface area contributed by atoms with Crippen molar-refractivity contribution in [1.82, 2.24) is 4.98 Å². The van der Waals surface area contributed by atoms with Crippen LogP contribution < -0.4 is 5.32 Å². The first-order chi connectivity index (χ1) is 9.38. The average Bonchev–Trinajstić information content (AvgIpc) is 2.72. The topological polar surface area (TPSA) is 34.1 Å². The molecule has 0 bridgehead atoms. The second-order valence-corrected chi connectivity index (χ2v) is 5.37. The number of aromatic nitrogens is 1. The highest BCUT2D eigenvalue weighted by molar-refractivity contribution is 5.34. The molecule has 0 atom stereocenters. The Hall–Kier alpha value is -1.09. The van der Waals surface area contributed by atoms with Crippen LogP contribution in [0.25, 0.3) is 0 Å². The summed E-state index contributed by atoms with van der Waals surface area (Å²) in [5.41, 5.74) is 1.03. The van der Waals surface area contributed by atoms with E-state index in [-0.39, 0.29) is 0 Å². The fourth-order valence-electron chi connectivity index (χ4n) is 2.52. The second kappa shape index (κ2) is 8.16. The standard InChI is InChI=1S/C16H26N2O/c1-2-12-17-16-11-7-8-14(18-16)13-19-15-9-5-3-4-6-10-15/h7-8,11,15H,2-6,9-10,12-13H2,1H3,(H,17,18). The van der Waals surface area contributed by atoms with Gasteiger partial charge in [0.1, 0.15) is 5.82 Å². The van der Waals surface area contributed by atoms with Crippen molar-refractivity contribution < 1.29 is 4.74 Å². The first kappa shape index (κ1) is 14.3. The van der Waals surface area contributed by atoms with Crippen LogP contribution >= 0.6 is 0 Å². The van der Waals surface area contributed by atoms with Crippen LogP contribution in [0.15, 0.2) is 18.2 Å². The summed E-state index contributed by atoms with van der Waals surface area (Å²) in [6.45, 7) is 3.78. The van der Waals surface area contributed by atoms with Crippen LogP contribution in [-0.4, -0.2) is 17.6 Å². The van der Waals surface area contributed by atoms with Crippen LogP contribution in [0.2, 0.25) is 0 Å². The van der Waals surface area contributed by atoms with Crippen molar-refractivity contribution in [1.29, 1.82) is 0 Å². The van der Waals surface area contributed by atoms with Gasteiger partial charge in [0, 0.05) is 6.54 Å². The molecule has 0 unspecified atom stereocenters. The molecule has 1 aromatic rings. The van der Waals surface area contributed by atoms with E-state index in [4.69, 9.17) is 4.74 Å². The molecule has 106 valence electrons. The fourth-order valence-corrected chi connectivity index (χ4v) is 2.52. The van der Waals surface area contributed by atoms with Crippen LogP contribution in [-0.2, 0) is 11.3 Å². The van der Waals surface area contributed by atoms with Gasteiger partial charge in [-0.15, -0.1) is 0 Å². The van der Waals surface area contributed by atoms with E-state index in [0.717, 1.165) is 24.5 Å². The molecule has 0 amide bonds. The smallest absolute Gasteiger partial charge is 0.126 e. The number of ether oxygens (including phenoxy) is 1. The molecule has 1 fully saturated rings. The van der Waals surface area contributed by atoms with E-state index in [0.29, 0.717) is 12.7 Å². The number of nitrogens with zero attached hydrogens (tertiary/aromatic N) is 1. The van der Waals surface area contributed by atoms with E-state index < -0.39 is 0 Å². The molecule has 1 aliphatic rings. The molecular weight excluding hydrogens is 236 g/mol. The zero-order valence-corrected chi connectivity index (χ0v) is 12.0. The number of hydrogen-bond acceptors (Lipinski definition) is 3. The van der Waals surface area contributed by atoms with Gasteiger partial charge in [0.05, 0.1) is 18.4 Å². The van der Waals surface area contributed by atoms with Gasteiger partial charge in [-0.05, 0) is 31.4 Å². The molecule has 19 heavy (non-hydrogen) atoms. The van der Waals surface area contributed by atoms with Crippen LogP contribution in [0.1, 0.15) is 57.6 Å². The van der Waals surface area contributed by atoms with Crippen LogP contribution in [0.4, 0.5) is 5.82 Å². The summed E-state index contributed by atoms with van der Waals surface area (Å²) in [6, 6.07) is 6.12.